The van der Waals surface area contributed by atoms with E-state index in [1.807, 2.05) is 0 Å². The molecule has 0 unspecified atom stereocenters. The van der Waals surface area contributed by atoms with E-state index >= 15 is 0 Å². The molecule has 1 rings (SSSR count). The molecule has 0 aliphatic carbocycles. The van der Waals surface area contributed by atoms with Gasteiger partial charge in [-0.2, -0.15) is 13.2 Å². The number of nitrogens with two attached hydrogens (primary N) is 1. The van der Waals surface area contributed by atoms with Crippen molar-refractivity contribution in [2.75, 3.05) is 12.3 Å². The maximum Gasteiger partial charge on any atom is 0.416 e. The zero-order valence-electron chi connectivity index (χ0n) is 11.1. The Morgan fingerprint density at radius 1 is 1.30 bits per heavy atom. The number of alkyl halides is 3. The Balaban J connectivity index is 2.69. The van der Waals surface area contributed by atoms with E-state index in [4.69, 9.17) is 12.2 Å². The van der Waals surface area contributed by atoms with Crippen LogP contribution in [0.4, 0.5) is 18.9 Å². The van der Waals surface area contributed by atoms with Gasteiger partial charge < -0.3 is 11.1 Å². The highest BCUT2D eigenvalue weighted by molar-refractivity contribution is 5.66. The van der Waals surface area contributed by atoms with Gasteiger partial charge in [0.25, 0.3) is 0 Å². The zero-order valence-corrected chi connectivity index (χ0v) is 11.1. The summed E-state index contributed by atoms with van der Waals surface area (Å²) in [6.07, 6.45) is 3.09. The highest BCUT2D eigenvalue weighted by Gasteiger charge is 2.31. The third kappa shape index (κ3) is 4.88. The lowest BCUT2D eigenvalue weighted by atomic mass is 10.1. The van der Waals surface area contributed by atoms with Crippen LogP contribution in [-0.4, -0.2) is 6.54 Å². The molecule has 3 N–H and O–H groups in total. The van der Waals surface area contributed by atoms with Crippen LogP contribution in [0.2, 0.25) is 0 Å². The Bertz CT molecular complexity index is 513. The molecule has 0 heterocycles. The average Bonchev–Trinajstić information content (AvgIpc) is 2.36. The van der Waals surface area contributed by atoms with Crippen LogP contribution in [0, 0.1) is 12.3 Å². The minimum absolute atomic E-state index is 0.0603. The lowest BCUT2D eigenvalue weighted by Crippen LogP contribution is -2.14. The molecule has 0 atom stereocenters. The van der Waals surface area contributed by atoms with Gasteiger partial charge in [-0.3, -0.25) is 0 Å². The van der Waals surface area contributed by atoms with Gasteiger partial charge in [-0.25, -0.2) is 0 Å². The predicted octanol–water partition coefficient (Wildman–Crippen LogP) is 3.65. The lowest BCUT2D eigenvalue weighted by molar-refractivity contribution is -0.137. The number of nitrogen functional groups attached to an aromatic ring is 1. The van der Waals surface area contributed by atoms with Crippen molar-refractivity contribution in [2.45, 2.75) is 25.4 Å². The zero-order chi connectivity index (χ0) is 15.2. The van der Waals surface area contributed by atoms with Crippen molar-refractivity contribution in [2.24, 2.45) is 0 Å². The summed E-state index contributed by atoms with van der Waals surface area (Å²) in [7, 11) is 0. The number of anilines is 1. The lowest BCUT2D eigenvalue weighted by Gasteiger charge is -2.13. The van der Waals surface area contributed by atoms with Gasteiger partial charge >= 0.3 is 6.18 Å². The molecule has 2 nitrogen and oxygen atoms in total. The van der Waals surface area contributed by atoms with E-state index in [0.717, 1.165) is 25.0 Å². The molecule has 0 amide bonds. The monoisotopic (exact) mass is 282 g/mol. The molecule has 0 saturated heterocycles. The number of hydrogen-bond acceptors (Lipinski definition) is 2. The summed E-state index contributed by atoms with van der Waals surface area (Å²) in [5, 5.41) is 2.98. The van der Waals surface area contributed by atoms with E-state index < -0.39 is 11.7 Å². The summed E-state index contributed by atoms with van der Waals surface area (Å²) in [5.41, 5.74) is 5.54. The molecule has 0 radical (unpaired) electrons. The van der Waals surface area contributed by atoms with Gasteiger partial charge in [0.15, 0.2) is 0 Å². The molecule has 0 spiro atoms. The van der Waals surface area contributed by atoms with Crippen LogP contribution in [-0.2, 0) is 6.18 Å². The Morgan fingerprint density at radius 3 is 2.60 bits per heavy atom. The van der Waals surface area contributed by atoms with Crippen LogP contribution in [0.1, 0.15) is 30.4 Å². The SMILES string of the molecule is C#CCCCCNC(=C)c1cc(N)cc(C(F)(F)F)c1. The summed E-state index contributed by atoms with van der Waals surface area (Å²) in [6, 6.07) is 3.41. The second-order valence-electron chi connectivity index (χ2n) is 4.41. The average molecular weight is 282 g/mol. The van der Waals surface area contributed by atoms with E-state index in [9.17, 15) is 13.2 Å². The van der Waals surface area contributed by atoms with Crippen LogP contribution in [0.15, 0.2) is 24.8 Å². The van der Waals surface area contributed by atoms with Gasteiger partial charge in [-0.15, -0.1) is 12.3 Å². The fraction of sp³-hybridized carbons (Fsp3) is 0.333. The van der Waals surface area contributed by atoms with Gasteiger partial charge in [0, 0.05) is 24.4 Å². The number of nitrogens with one attached hydrogen (secondary N) is 1. The predicted molar refractivity (Wildman–Crippen MR) is 75.6 cm³/mol. The molecule has 20 heavy (non-hydrogen) atoms. The molecule has 0 aromatic heterocycles. The van der Waals surface area contributed by atoms with E-state index in [2.05, 4.69) is 17.8 Å². The standard InChI is InChI=1S/C15H17F3N2/c1-3-4-5-6-7-20-11(2)12-8-13(15(16,17)18)10-14(19)9-12/h1,8-10,20H,2,4-7,19H2. The summed E-state index contributed by atoms with van der Waals surface area (Å²) < 4.78 is 38.0. The quantitative estimate of drug-likeness (QED) is 0.475. The van der Waals surface area contributed by atoms with E-state index in [-0.39, 0.29) is 5.69 Å². The summed E-state index contributed by atoms with van der Waals surface area (Å²) in [5.74, 6) is 2.53. The highest BCUT2D eigenvalue weighted by Crippen LogP contribution is 2.32. The first-order valence-electron chi connectivity index (χ1n) is 6.19. The minimum atomic E-state index is -4.42. The molecule has 0 fully saturated rings. The van der Waals surface area contributed by atoms with Gasteiger partial charge in [-0.1, -0.05) is 6.58 Å². The van der Waals surface area contributed by atoms with Crippen molar-refractivity contribution in [3.05, 3.63) is 35.9 Å². The second kappa shape index (κ2) is 6.90. The largest absolute Gasteiger partial charge is 0.416 e. The highest BCUT2D eigenvalue weighted by atomic mass is 19.4. The number of benzene rings is 1. The Morgan fingerprint density at radius 2 is 2.00 bits per heavy atom. The fourth-order valence-corrected chi connectivity index (χ4v) is 1.68. The smallest absolute Gasteiger partial charge is 0.399 e. The van der Waals surface area contributed by atoms with Crippen molar-refractivity contribution < 1.29 is 13.2 Å². The normalized spacial score (nSPS) is 10.9. The Labute approximate surface area is 116 Å². The first-order chi connectivity index (χ1) is 9.34. The second-order valence-corrected chi connectivity index (χ2v) is 4.41. The Hall–Kier alpha value is -2.09. The van der Waals surface area contributed by atoms with Gasteiger partial charge in [0.2, 0.25) is 0 Å². The third-order valence-corrected chi connectivity index (χ3v) is 2.72. The number of rotatable bonds is 6. The Kier molecular flexibility index (Phi) is 5.51. The molecule has 0 saturated carbocycles. The molecule has 5 heteroatoms. The topological polar surface area (TPSA) is 38.0 Å². The molecule has 108 valence electrons. The maximum atomic E-state index is 12.7. The molecule has 0 aliphatic rings. The van der Waals surface area contributed by atoms with Crippen molar-refractivity contribution in [3.63, 3.8) is 0 Å². The minimum Gasteiger partial charge on any atom is -0.399 e. The summed E-state index contributed by atoms with van der Waals surface area (Å²) >= 11 is 0. The third-order valence-electron chi connectivity index (χ3n) is 2.72. The molecule has 1 aromatic carbocycles. The molecular formula is C15H17F3N2. The number of unbranched alkanes of at least 4 members (excludes halogenated alkanes) is 2. The van der Waals surface area contributed by atoms with Crippen molar-refractivity contribution >= 4 is 11.4 Å². The van der Waals surface area contributed by atoms with Crippen LogP contribution in [0.5, 0.6) is 0 Å². The number of terminal acetylenes is 1. The molecule has 0 aliphatic heterocycles. The van der Waals surface area contributed by atoms with Crippen molar-refractivity contribution in [1.29, 1.82) is 0 Å². The van der Waals surface area contributed by atoms with Gasteiger partial charge in [-0.05, 0) is 36.6 Å². The van der Waals surface area contributed by atoms with Gasteiger partial charge in [0.1, 0.15) is 0 Å². The van der Waals surface area contributed by atoms with E-state index in [1.54, 1.807) is 0 Å². The van der Waals surface area contributed by atoms with Crippen LogP contribution >= 0.6 is 0 Å². The fourth-order valence-electron chi connectivity index (χ4n) is 1.68. The van der Waals surface area contributed by atoms with E-state index in [1.165, 1.54) is 6.07 Å². The van der Waals surface area contributed by atoms with Crippen LogP contribution in [0.3, 0.4) is 0 Å². The first kappa shape index (κ1) is 16.0. The van der Waals surface area contributed by atoms with Crippen molar-refractivity contribution in [3.8, 4) is 12.3 Å². The molecule has 1 aromatic rings. The number of halogens is 3. The molecular weight excluding hydrogens is 265 g/mol. The molecule has 0 bridgehead atoms. The van der Waals surface area contributed by atoms with Gasteiger partial charge in [0.05, 0.1) is 5.56 Å². The number of hydrogen-bond donors (Lipinski definition) is 2. The summed E-state index contributed by atoms with van der Waals surface area (Å²) in [6.45, 7) is 4.34. The maximum absolute atomic E-state index is 12.7. The van der Waals surface area contributed by atoms with Crippen LogP contribution < -0.4 is 11.1 Å². The summed E-state index contributed by atoms with van der Waals surface area (Å²) in [4.78, 5) is 0. The van der Waals surface area contributed by atoms with Crippen LogP contribution in [0.25, 0.3) is 5.70 Å². The first-order valence-corrected chi connectivity index (χ1v) is 6.19. The van der Waals surface area contributed by atoms with Crippen molar-refractivity contribution in [1.82, 2.24) is 5.32 Å². The van der Waals surface area contributed by atoms with E-state index in [0.29, 0.717) is 24.2 Å².